The van der Waals surface area contributed by atoms with Gasteiger partial charge < -0.3 is 10.3 Å². The van der Waals surface area contributed by atoms with Crippen molar-refractivity contribution in [2.75, 3.05) is 5.73 Å². The Morgan fingerprint density at radius 1 is 1.47 bits per heavy atom. The van der Waals surface area contributed by atoms with Crippen LogP contribution >= 0.6 is 22.9 Å². The first-order chi connectivity index (χ1) is 9.06. The van der Waals surface area contributed by atoms with Crippen LogP contribution < -0.4 is 5.73 Å². The highest BCUT2D eigenvalue weighted by Gasteiger charge is 2.13. The van der Waals surface area contributed by atoms with Gasteiger partial charge in [-0.1, -0.05) is 11.6 Å². The van der Waals surface area contributed by atoms with E-state index in [0.29, 0.717) is 18.0 Å². The highest BCUT2D eigenvalue weighted by atomic mass is 35.5. The van der Waals surface area contributed by atoms with Crippen molar-refractivity contribution in [2.45, 2.75) is 13.5 Å². The molecule has 0 aliphatic rings. The van der Waals surface area contributed by atoms with Gasteiger partial charge in [-0.3, -0.25) is 0 Å². The maximum Gasteiger partial charge on any atom is 0.201 e. The number of aromatic nitrogens is 3. The first-order valence-electron chi connectivity index (χ1n) is 5.56. The number of thiazole rings is 1. The molecule has 0 bridgehead atoms. The summed E-state index contributed by atoms with van der Waals surface area (Å²) in [6.45, 7) is 2.49. The normalized spacial score (nSPS) is 11.3. The molecule has 2 N–H and O–H groups in total. The fourth-order valence-corrected chi connectivity index (χ4v) is 2.85. The molecule has 3 rings (SSSR count). The second kappa shape index (κ2) is 4.47. The number of rotatable bonds is 2. The van der Waals surface area contributed by atoms with Crippen LogP contribution in [0.4, 0.5) is 10.3 Å². The van der Waals surface area contributed by atoms with Gasteiger partial charge in [0.25, 0.3) is 0 Å². The van der Waals surface area contributed by atoms with Gasteiger partial charge in [-0.25, -0.2) is 14.4 Å². The van der Waals surface area contributed by atoms with Gasteiger partial charge in [0.15, 0.2) is 0 Å². The van der Waals surface area contributed by atoms with Gasteiger partial charge in [0.1, 0.15) is 5.82 Å². The number of hydrogen-bond donors (Lipinski definition) is 1. The van der Waals surface area contributed by atoms with Crippen molar-refractivity contribution >= 4 is 39.9 Å². The molecule has 2 aromatic heterocycles. The van der Waals surface area contributed by atoms with Crippen LogP contribution in [0, 0.1) is 12.7 Å². The van der Waals surface area contributed by atoms with Crippen LogP contribution in [0.1, 0.15) is 10.6 Å². The molecule has 0 saturated carbocycles. The maximum atomic E-state index is 13.4. The van der Waals surface area contributed by atoms with Crippen molar-refractivity contribution in [1.82, 2.24) is 14.5 Å². The van der Waals surface area contributed by atoms with Gasteiger partial charge in [-0.2, -0.15) is 0 Å². The van der Waals surface area contributed by atoms with E-state index in [9.17, 15) is 4.39 Å². The Hall–Kier alpha value is -1.66. The predicted octanol–water partition coefficient (Wildman–Crippen LogP) is 3.22. The largest absolute Gasteiger partial charge is 0.369 e. The summed E-state index contributed by atoms with van der Waals surface area (Å²) in [5, 5.41) is 0.0645. The number of benzene rings is 1. The average Bonchev–Trinajstić information content (AvgIpc) is 2.88. The van der Waals surface area contributed by atoms with Gasteiger partial charge in [0.2, 0.25) is 5.95 Å². The molecule has 1 aromatic carbocycles. The van der Waals surface area contributed by atoms with E-state index in [1.165, 1.54) is 6.07 Å². The molecule has 0 aliphatic heterocycles. The van der Waals surface area contributed by atoms with Gasteiger partial charge in [-0.05, 0) is 13.0 Å². The second-order valence-electron chi connectivity index (χ2n) is 4.17. The van der Waals surface area contributed by atoms with E-state index in [4.69, 9.17) is 17.3 Å². The third kappa shape index (κ3) is 2.06. The Bertz CT molecular complexity index is 765. The molecular weight excluding hydrogens is 287 g/mol. The smallest absolute Gasteiger partial charge is 0.201 e. The number of nitrogens with two attached hydrogens (primary N) is 1. The molecule has 0 atom stereocenters. The summed E-state index contributed by atoms with van der Waals surface area (Å²) in [5.41, 5.74) is 9.85. The second-order valence-corrected chi connectivity index (χ2v) is 5.52. The minimum atomic E-state index is -0.493. The molecule has 0 fully saturated rings. The Morgan fingerprint density at radius 3 is 2.95 bits per heavy atom. The zero-order valence-corrected chi connectivity index (χ0v) is 11.6. The van der Waals surface area contributed by atoms with E-state index in [1.807, 2.05) is 6.92 Å². The quantitative estimate of drug-likeness (QED) is 0.790. The number of imidazole rings is 1. The van der Waals surface area contributed by atoms with Crippen LogP contribution in [0.3, 0.4) is 0 Å². The summed E-state index contributed by atoms with van der Waals surface area (Å²) in [4.78, 5) is 9.44. The van der Waals surface area contributed by atoms with Crippen LogP contribution in [0.5, 0.6) is 0 Å². The first kappa shape index (κ1) is 12.4. The molecule has 0 amide bonds. The lowest BCUT2D eigenvalue weighted by molar-refractivity contribution is 0.629. The van der Waals surface area contributed by atoms with Crippen molar-refractivity contribution in [3.05, 3.63) is 39.1 Å². The maximum absolute atomic E-state index is 13.4. The summed E-state index contributed by atoms with van der Waals surface area (Å²) in [6, 6.07) is 2.84. The minimum Gasteiger partial charge on any atom is -0.369 e. The molecule has 0 spiro atoms. The number of anilines is 1. The number of hydrogen-bond acceptors (Lipinski definition) is 4. The number of nitrogens with zero attached hydrogens (tertiary/aromatic N) is 3. The van der Waals surface area contributed by atoms with Crippen molar-refractivity contribution in [3.63, 3.8) is 0 Å². The molecule has 19 heavy (non-hydrogen) atoms. The Morgan fingerprint density at radius 2 is 2.26 bits per heavy atom. The summed E-state index contributed by atoms with van der Waals surface area (Å²) in [6.07, 6.45) is 0. The Kier molecular flexibility index (Phi) is 2.91. The monoisotopic (exact) mass is 296 g/mol. The average molecular weight is 297 g/mol. The van der Waals surface area contributed by atoms with E-state index >= 15 is 0 Å². The molecule has 2 heterocycles. The SMILES string of the molecule is Cc1ncsc1Cn1c(N)nc2cc(F)c(Cl)cc21. The lowest BCUT2D eigenvalue weighted by atomic mass is 10.3. The van der Waals surface area contributed by atoms with Crippen molar-refractivity contribution in [1.29, 1.82) is 0 Å². The number of fused-ring (bicyclic) bond motifs is 1. The topological polar surface area (TPSA) is 56.7 Å². The molecule has 98 valence electrons. The predicted molar refractivity (Wildman–Crippen MR) is 75.1 cm³/mol. The van der Waals surface area contributed by atoms with Gasteiger partial charge in [0, 0.05) is 10.9 Å². The third-order valence-corrected chi connectivity index (χ3v) is 4.18. The molecule has 4 nitrogen and oxygen atoms in total. The van der Waals surface area contributed by atoms with E-state index in [1.54, 1.807) is 27.5 Å². The standard InChI is InChI=1S/C12H10ClFN4S/c1-6-11(19-5-16-6)4-18-10-2-7(13)8(14)3-9(10)17-12(18)15/h2-3,5H,4H2,1H3,(H2,15,17). The number of aryl methyl sites for hydroxylation is 1. The Labute approximate surface area is 117 Å². The molecule has 0 saturated heterocycles. The van der Waals surface area contributed by atoms with Crippen LogP contribution in [-0.2, 0) is 6.54 Å². The third-order valence-electron chi connectivity index (χ3n) is 2.97. The van der Waals surface area contributed by atoms with Crippen LogP contribution in [0.15, 0.2) is 17.6 Å². The number of halogens is 2. The zero-order valence-electron chi connectivity index (χ0n) is 10.0. The van der Waals surface area contributed by atoms with E-state index in [-0.39, 0.29) is 5.02 Å². The lowest BCUT2D eigenvalue weighted by Gasteiger charge is -2.05. The van der Waals surface area contributed by atoms with E-state index in [2.05, 4.69) is 9.97 Å². The van der Waals surface area contributed by atoms with Crippen molar-refractivity contribution in [3.8, 4) is 0 Å². The first-order valence-corrected chi connectivity index (χ1v) is 6.81. The minimum absolute atomic E-state index is 0.0645. The van der Waals surface area contributed by atoms with E-state index < -0.39 is 5.82 Å². The number of nitrogen functional groups attached to an aromatic ring is 1. The van der Waals surface area contributed by atoms with Gasteiger partial charge in [-0.15, -0.1) is 11.3 Å². The molecule has 7 heteroatoms. The molecule has 0 radical (unpaired) electrons. The molecule has 0 unspecified atom stereocenters. The highest BCUT2D eigenvalue weighted by Crippen LogP contribution is 2.26. The fourth-order valence-electron chi connectivity index (χ4n) is 1.93. The lowest BCUT2D eigenvalue weighted by Crippen LogP contribution is -2.04. The summed E-state index contributed by atoms with van der Waals surface area (Å²) < 4.78 is 15.2. The van der Waals surface area contributed by atoms with Crippen LogP contribution in [0.25, 0.3) is 11.0 Å². The molecular formula is C12H10ClFN4S. The van der Waals surface area contributed by atoms with Gasteiger partial charge in [0.05, 0.1) is 33.8 Å². The highest BCUT2D eigenvalue weighted by molar-refractivity contribution is 7.09. The summed E-state index contributed by atoms with van der Waals surface area (Å²) in [5.74, 6) is -0.155. The summed E-state index contributed by atoms with van der Waals surface area (Å²) in [7, 11) is 0. The van der Waals surface area contributed by atoms with Crippen LogP contribution in [-0.4, -0.2) is 14.5 Å². The van der Waals surface area contributed by atoms with Crippen LogP contribution in [0.2, 0.25) is 5.02 Å². The Balaban J connectivity index is 2.15. The summed E-state index contributed by atoms with van der Waals surface area (Å²) >= 11 is 7.37. The molecule has 0 aliphatic carbocycles. The fraction of sp³-hybridized carbons (Fsp3) is 0.167. The van der Waals surface area contributed by atoms with Crippen molar-refractivity contribution < 1.29 is 4.39 Å². The van der Waals surface area contributed by atoms with E-state index in [0.717, 1.165) is 16.1 Å². The zero-order chi connectivity index (χ0) is 13.6. The van der Waals surface area contributed by atoms with Gasteiger partial charge >= 0.3 is 0 Å². The molecule has 3 aromatic rings. The van der Waals surface area contributed by atoms with Crippen molar-refractivity contribution in [2.24, 2.45) is 0 Å².